The molecule has 5 aromatic heterocycles. The summed E-state index contributed by atoms with van der Waals surface area (Å²) in [5.74, 6) is 0.261. The molecule has 91 heavy (non-hydrogen) atoms. The molecule has 5 aromatic carbocycles. The first-order chi connectivity index (χ1) is 41.0. The molecule has 0 amide bonds. The maximum atomic E-state index is 11.7. The van der Waals surface area contributed by atoms with Crippen molar-refractivity contribution in [1.82, 2.24) is 0 Å². The van der Waals surface area contributed by atoms with E-state index in [9.17, 15) is 24.2 Å². The van der Waals surface area contributed by atoms with Gasteiger partial charge in [-0.15, -0.1) is 0 Å². The van der Waals surface area contributed by atoms with Gasteiger partial charge in [0.2, 0.25) is 0 Å². The monoisotopic (exact) mass is 1510 g/mol. The Morgan fingerprint density at radius 1 is 0.560 bits per heavy atom. The van der Waals surface area contributed by atoms with Crippen molar-refractivity contribution in [2.24, 2.45) is 0 Å². The number of ether oxygens (including phenoxy) is 1. The van der Waals surface area contributed by atoms with E-state index in [4.69, 9.17) is 93.9 Å². The summed E-state index contributed by atoms with van der Waals surface area (Å²) in [6.07, 6.45) is 14.1. The molecule has 0 bridgehead atoms. The average Bonchev–Trinajstić information content (AvgIpc) is 1.66. The van der Waals surface area contributed by atoms with E-state index < -0.39 is 33.7 Å². The molecule has 0 aliphatic rings. The molecular formula is C70H81Cl5FIMgMnO12. The van der Waals surface area contributed by atoms with Crippen LogP contribution in [0.1, 0.15) is 149 Å². The molecule has 491 valence electrons. The van der Waals surface area contributed by atoms with Gasteiger partial charge in [-0.3, -0.25) is 14.0 Å². The minimum atomic E-state index is -1.44. The number of halogens is 7. The second-order valence-corrected chi connectivity index (χ2v) is 21.3. The van der Waals surface area contributed by atoms with Gasteiger partial charge >= 0.3 is 45.5 Å². The molecule has 0 saturated heterocycles. The molecule has 0 radical (unpaired) electrons. The number of ketones is 1. The summed E-state index contributed by atoms with van der Waals surface area (Å²) in [5, 5.41) is 23.5. The Bertz CT molecular complexity index is 3450. The minimum absolute atomic E-state index is 0. The van der Waals surface area contributed by atoms with Crippen molar-refractivity contribution in [2.75, 3.05) is 20.4 Å². The fourth-order valence-corrected chi connectivity index (χ4v) is 8.60. The average molecular weight is 1520 g/mol. The Kier molecular flexibility index (Phi) is 47.9. The number of aliphatic hydroxyl groups excluding tert-OH is 1. The summed E-state index contributed by atoms with van der Waals surface area (Å²) in [6.45, 7) is 15.8. The van der Waals surface area contributed by atoms with Crippen molar-refractivity contribution in [1.29, 1.82) is 0 Å². The fourth-order valence-electron chi connectivity index (χ4n) is 7.64. The van der Waals surface area contributed by atoms with E-state index in [1.165, 1.54) is 43.1 Å². The summed E-state index contributed by atoms with van der Waals surface area (Å²) in [4.78, 5) is 22.4. The number of rotatable bonds is 13. The SMILES string of the molecule is C.C.C.CC(C)(c1cccc(Cl)c1)c1coc(C=O)c1.CC(C)(c1ccoc1)c1cccc(Cl)c1.CC(O)(c1ccoc1)c1cccc(Cl)c1.CCOCC.O=C(c1ccoc1)c1cccc(Cl)c1.OC(c1ccoc1)c1cccc(Cl)c1.[2H]CF.[CH3-].[I-].[Mg+2].[O]=[Mn]=[O]. The first-order valence-corrected chi connectivity index (χ1v) is 28.6. The topological polar surface area (TPSA) is 184 Å². The molecule has 10 aromatic rings. The van der Waals surface area contributed by atoms with Gasteiger partial charge in [-0.05, 0) is 134 Å². The number of carbonyl (C=O) groups excluding carboxylic acids is 2. The zero-order valence-corrected chi connectivity index (χ0v) is 58.1. The van der Waals surface area contributed by atoms with Crippen LogP contribution in [0.25, 0.3) is 0 Å². The zero-order valence-electron chi connectivity index (χ0n) is 50.6. The molecular weight excluding hydrogens is 1440 g/mol. The molecule has 21 heteroatoms. The molecule has 0 fully saturated rings. The number of aliphatic hydroxyl groups is 2. The van der Waals surface area contributed by atoms with Crippen LogP contribution >= 0.6 is 58.0 Å². The number of alkyl halides is 1. The van der Waals surface area contributed by atoms with Crippen LogP contribution in [0.5, 0.6) is 0 Å². The van der Waals surface area contributed by atoms with Gasteiger partial charge in [0.25, 0.3) is 0 Å². The number of furan rings is 5. The number of benzene rings is 5. The van der Waals surface area contributed by atoms with E-state index in [0.29, 0.717) is 48.8 Å². The van der Waals surface area contributed by atoms with Gasteiger partial charge in [0.15, 0.2) is 17.8 Å². The Morgan fingerprint density at radius 2 is 0.967 bits per heavy atom. The van der Waals surface area contributed by atoms with Crippen molar-refractivity contribution in [2.45, 2.75) is 93.3 Å². The maximum absolute atomic E-state index is 11.7. The number of hydrogen-bond acceptors (Lipinski definition) is 12. The van der Waals surface area contributed by atoms with Crippen molar-refractivity contribution in [3.63, 3.8) is 0 Å². The fraction of sp³-hybridized carbons (Fsp3) is 0.243. The van der Waals surface area contributed by atoms with Crippen LogP contribution in [0.15, 0.2) is 230 Å². The Balaban J connectivity index is -0.000000498. The second kappa shape index (κ2) is 48.4. The molecule has 0 saturated carbocycles. The van der Waals surface area contributed by atoms with E-state index in [0.717, 1.165) is 51.6 Å². The van der Waals surface area contributed by atoms with Gasteiger partial charge in [-0.1, -0.05) is 169 Å². The summed E-state index contributed by atoms with van der Waals surface area (Å²) < 4.78 is 62.1. The molecule has 12 nitrogen and oxygen atoms in total. The number of aldehydes is 1. The summed E-state index contributed by atoms with van der Waals surface area (Å²) in [7, 11) is -1.00. The quantitative estimate of drug-likeness (QED) is 0.0367. The van der Waals surface area contributed by atoms with Gasteiger partial charge in [-0.2, -0.15) is 0 Å². The first kappa shape index (κ1) is 89.9. The molecule has 2 N–H and O–H groups in total. The molecule has 2 unspecified atom stereocenters. The Labute approximate surface area is 602 Å². The van der Waals surface area contributed by atoms with Gasteiger partial charge in [0.1, 0.15) is 18.0 Å². The zero-order chi connectivity index (χ0) is 63.7. The standard InChI is InChI=1S/C14H13ClO2.C13H13ClO.C12H11ClO2.C11H9ClO2.C11H7ClO2.C4H10O.CH3F.3CH4.CH3.HI.Mg.Mn.2O/c1-14(2,10-4-3-5-12(15)6-10)11-7-13(8-16)17-9-11;1-13(2,11-6-7-15-9-11)10-4-3-5-12(14)8-10;1-12(14,10-5-6-15-8-10)9-3-2-4-11(13)7-9;2*12-10-3-1-2-8(6-10)11(13)9-4-5-14-7-9;1-3-5-4-2;1-2;;;;;;;;;/h3-9H,1-2H3;3-9H,1-2H3;2-8,14H,1H3;1-7,11,13H;1-7H;3-4H2,1-2H3;1H3;3*1H4;1H3;1H;;;;/q;;;;;;;;;;-1;;+2;;;/p-1/i;;;;;;1D;;;;;;;;;. The third kappa shape index (κ3) is 30.6. The third-order valence-electron chi connectivity index (χ3n) is 12.6. The van der Waals surface area contributed by atoms with Crippen molar-refractivity contribution in [3.05, 3.63) is 302 Å². The summed E-state index contributed by atoms with van der Waals surface area (Å²) >= 11 is 28.0. The Hall–Kier alpha value is -5.28. The van der Waals surface area contributed by atoms with Crippen LogP contribution < -0.4 is 24.0 Å². The van der Waals surface area contributed by atoms with Crippen molar-refractivity contribution in [3.8, 4) is 0 Å². The second-order valence-electron chi connectivity index (χ2n) is 18.9. The van der Waals surface area contributed by atoms with E-state index in [2.05, 4.69) is 33.8 Å². The van der Waals surface area contributed by atoms with E-state index >= 15 is 0 Å². The van der Waals surface area contributed by atoms with Crippen LogP contribution in [-0.4, -0.2) is 65.7 Å². The predicted molar refractivity (Wildman–Crippen MR) is 360 cm³/mol. The van der Waals surface area contributed by atoms with Crippen molar-refractivity contribution >= 4 is 93.1 Å². The number of hydrogen-bond donors (Lipinski definition) is 2. The van der Waals surface area contributed by atoms with Gasteiger partial charge in [0.05, 0.1) is 64.2 Å². The molecule has 10 rings (SSSR count). The normalized spacial score (nSPS) is 10.8. The predicted octanol–water partition coefficient (Wildman–Crippen LogP) is 18.1. The molecule has 0 aliphatic heterocycles. The summed E-state index contributed by atoms with van der Waals surface area (Å²) in [5.41, 5.74) is 7.07. The van der Waals surface area contributed by atoms with Gasteiger partial charge in [0, 0.05) is 77.0 Å². The molecule has 5 heterocycles. The number of carbonyl (C=O) groups is 2. The van der Waals surface area contributed by atoms with Gasteiger partial charge in [-0.25, -0.2) is 0 Å². The van der Waals surface area contributed by atoms with Crippen LogP contribution in [0.3, 0.4) is 0 Å². The molecule has 2 atom stereocenters. The van der Waals surface area contributed by atoms with Crippen LogP contribution in [0, 0.1) is 7.43 Å². The van der Waals surface area contributed by atoms with Gasteiger partial charge < -0.3 is 68.4 Å². The van der Waals surface area contributed by atoms with Crippen LogP contribution in [0.2, 0.25) is 25.1 Å². The molecule has 0 spiro atoms. The summed E-state index contributed by atoms with van der Waals surface area (Å²) in [6, 6.07) is 45.6. The van der Waals surface area contributed by atoms with E-state index in [1.54, 1.807) is 105 Å². The van der Waals surface area contributed by atoms with E-state index in [1.807, 2.05) is 80.6 Å². The van der Waals surface area contributed by atoms with Crippen LogP contribution in [0.4, 0.5) is 4.39 Å². The van der Waals surface area contributed by atoms with Crippen LogP contribution in [-0.2, 0) is 43.7 Å². The van der Waals surface area contributed by atoms with Crippen molar-refractivity contribution < 1.29 is 98.9 Å². The molecule has 0 aliphatic carbocycles. The third-order valence-corrected chi connectivity index (χ3v) is 13.7. The van der Waals surface area contributed by atoms with E-state index in [-0.39, 0.29) is 93.3 Å². The Morgan fingerprint density at radius 3 is 1.36 bits per heavy atom. The first-order valence-electron chi connectivity index (χ1n) is 26.4.